The number of sulfonamides is 1. The van der Waals surface area contributed by atoms with Gasteiger partial charge in [-0.1, -0.05) is 0 Å². The Bertz CT molecular complexity index is 579. The zero-order valence-corrected chi connectivity index (χ0v) is 11.0. The van der Waals surface area contributed by atoms with Crippen LogP contribution in [-0.4, -0.2) is 44.3 Å². The molecule has 2 N–H and O–H groups in total. The summed E-state index contributed by atoms with van der Waals surface area (Å²) in [5.41, 5.74) is -0.583. The fourth-order valence-electron chi connectivity index (χ4n) is 1.27. The van der Waals surface area contributed by atoms with Crippen LogP contribution in [-0.2, 0) is 14.8 Å². The average molecular weight is 273 g/mol. The van der Waals surface area contributed by atoms with Crippen molar-refractivity contribution in [2.24, 2.45) is 0 Å². The number of amides is 1. The van der Waals surface area contributed by atoms with E-state index in [1.54, 1.807) is 0 Å². The molecule has 7 nitrogen and oxygen atoms in total. The molecule has 0 unspecified atom stereocenters. The van der Waals surface area contributed by atoms with Crippen molar-refractivity contribution in [2.45, 2.75) is 11.3 Å². The van der Waals surface area contributed by atoms with Crippen molar-refractivity contribution in [3.05, 3.63) is 28.7 Å². The number of H-pyrrole nitrogens is 1. The van der Waals surface area contributed by atoms with Crippen LogP contribution in [0.3, 0.4) is 0 Å². The van der Waals surface area contributed by atoms with Gasteiger partial charge >= 0.3 is 0 Å². The molecule has 1 heterocycles. The lowest BCUT2D eigenvalue weighted by atomic mass is 10.4. The normalized spacial score (nSPS) is 11.5. The highest BCUT2D eigenvalue weighted by molar-refractivity contribution is 7.89. The van der Waals surface area contributed by atoms with Crippen LogP contribution in [0.1, 0.15) is 6.42 Å². The highest BCUT2D eigenvalue weighted by Gasteiger charge is 2.23. The summed E-state index contributed by atoms with van der Waals surface area (Å²) >= 11 is 0. The van der Waals surface area contributed by atoms with Gasteiger partial charge in [0.05, 0.1) is 0 Å². The lowest BCUT2D eigenvalue weighted by molar-refractivity contribution is -0.120. The first-order valence-electron chi connectivity index (χ1n) is 5.23. The van der Waals surface area contributed by atoms with Gasteiger partial charge in [-0.2, -0.15) is 0 Å². The Morgan fingerprint density at radius 2 is 2.17 bits per heavy atom. The molecule has 0 aliphatic heterocycles. The molecule has 0 aliphatic carbocycles. The van der Waals surface area contributed by atoms with Gasteiger partial charge < -0.3 is 10.3 Å². The second kappa shape index (κ2) is 5.78. The van der Waals surface area contributed by atoms with E-state index in [9.17, 15) is 18.0 Å². The summed E-state index contributed by atoms with van der Waals surface area (Å²) in [6, 6.07) is 1.14. The van der Waals surface area contributed by atoms with Gasteiger partial charge in [-0.3, -0.25) is 9.59 Å². The van der Waals surface area contributed by atoms with Gasteiger partial charge in [0.25, 0.3) is 0 Å². The monoisotopic (exact) mass is 273 g/mol. The number of nitrogens with zero attached hydrogens (tertiary/aromatic N) is 1. The van der Waals surface area contributed by atoms with Crippen LogP contribution < -0.4 is 10.7 Å². The lowest BCUT2D eigenvalue weighted by Gasteiger charge is -2.15. The quantitative estimate of drug-likeness (QED) is 0.728. The molecule has 100 valence electrons. The van der Waals surface area contributed by atoms with E-state index >= 15 is 0 Å². The van der Waals surface area contributed by atoms with E-state index in [1.807, 2.05) is 0 Å². The summed E-state index contributed by atoms with van der Waals surface area (Å²) in [6.45, 7) is 0.0103. The Balaban J connectivity index is 2.91. The number of aromatic nitrogens is 1. The fraction of sp³-hybridized carbons (Fsp3) is 0.400. The van der Waals surface area contributed by atoms with Crippen molar-refractivity contribution in [2.75, 3.05) is 20.6 Å². The number of rotatable bonds is 5. The molecule has 1 aromatic heterocycles. The van der Waals surface area contributed by atoms with Crippen LogP contribution in [0.2, 0.25) is 0 Å². The van der Waals surface area contributed by atoms with Crippen LogP contribution in [0, 0.1) is 0 Å². The number of aromatic amines is 1. The fourth-order valence-corrected chi connectivity index (χ4v) is 2.48. The van der Waals surface area contributed by atoms with Gasteiger partial charge in [0.15, 0.2) is 0 Å². The zero-order valence-electron chi connectivity index (χ0n) is 10.1. The summed E-state index contributed by atoms with van der Waals surface area (Å²) in [7, 11) is -1.07. The van der Waals surface area contributed by atoms with Gasteiger partial charge in [-0.05, 0) is 0 Å². The number of carbonyl (C=O) groups is 1. The predicted octanol–water partition coefficient (Wildman–Crippen LogP) is -0.868. The van der Waals surface area contributed by atoms with Crippen molar-refractivity contribution in [3.63, 3.8) is 0 Å². The number of hydrogen-bond acceptors (Lipinski definition) is 4. The average Bonchev–Trinajstić information content (AvgIpc) is 2.35. The van der Waals surface area contributed by atoms with Crippen LogP contribution in [0.4, 0.5) is 0 Å². The Morgan fingerprint density at radius 3 is 2.72 bits per heavy atom. The third-order valence-corrected chi connectivity index (χ3v) is 4.29. The molecule has 0 saturated heterocycles. The van der Waals surface area contributed by atoms with E-state index in [0.717, 1.165) is 16.6 Å². The molecule has 0 fully saturated rings. The van der Waals surface area contributed by atoms with Crippen molar-refractivity contribution in [1.82, 2.24) is 14.6 Å². The molecule has 1 amide bonds. The van der Waals surface area contributed by atoms with E-state index in [0.29, 0.717) is 0 Å². The van der Waals surface area contributed by atoms with Crippen LogP contribution in [0.5, 0.6) is 0 Å². The molecule has 0 spiro atoms. The minimum Gasteiger partial charge on any atom is -0.366 e. The highest BCUT2D eigenvalue weighted by Crippen LogP contribution is 2.08. The van der Waals surface area contributed by atoms with Crippen molar-refractivity contribution < 1.29 is 13.2 Å². The van der Waals surface area contributed by atoms with Gasteiger partial charge in [-0.25, -0.2) is 12.7 Å². The molecule has 8 heteroatoms. The van der Waals surface area contributed by atoms with E-state index in [4.69, 9.17) is 0 Å². The van der Waals surface area contributed by atoms with Gasteiger partial charge in [-0.15, -0.1) is 0 Å². The lowest BCUT2D eigenvalue weighted by Crippen LogP contribution is -2.33. The predicted molar refractivity (Wildman–Crippen MR) is 65.6 cm³/mol. The third-order valence-electron chi connectivity index (χ3n) is 2.41. The molecule has 0 aromatic carbocycles. The number of nitrogens with one attached hydrogen (secondary N) is 2. The largest absolute Gasteiger partial charge is 0.366 e. The molecule has 0 aliphatic rings. The number of pyridine rings is 1. The Morgan fingerprint density at radius 1 is 1.50 bits per heavy atom. The maximum atomic E-state index is 12.0. The highest BCUT2D eigenvalue weighted by atomic mass is 32.2. The minimum absolute atomic E-state index is 0.0103. The first kappa shape index (κ1) is 14.4. The van der Waals surface area contributed by atoms with Gasteiger partial charge in [0.2, 0.25) is 21.4 Å². The molecule has 1 rings (SSSR count). The van der Waals surface area contributed by atoms with E-state index in [2.05, 4.69) is 10.3 Å². The second-order valence-corrected chi connectivity index (χ2v) is 5.64. The minimum atomic E-state index is -3.86. The molecule has 18 heavy (non-hydrogen) atoms. The van der Waals surface area contributed by atoms with Crippen molar-refractivity contribution in [3.8, 4) is 0 Å². The standard InChI is InChI=1S/C10H15N3O4S/c1-11-10(15)4-6-13(2)18(16,17)9-7-12-5-3-8(9)14/h3,5,7H,4,6H2,1-2H3,(H,11,15)(H,12,14). The maximum absolute atomic E-state index is 12.0. The maximum Gasteiger partial charge on any atom is 0.248 e. The van der Waals surface area contributed by atoms with E-state index < -0.39 is 15.5 Å². The Labute approximate surface area is 105 Å². The molecule has 0 atom stereocenters. The summed E-state index contributed by atoms with van der Waals surface area (Å²) in [5.74, 6) is -0.265. The molecular formula is C10H15N3O4S. The second-order valence-electron chi connectivity index (χ2n) is 3.62. The SMILES string of the molecule is CNC(=O)CCN(C)S(=O)(=O)c1c[nH]ccc1=O. The molecule has 0 radical (unpaired) electrons. The Hall–Kier alpha value is -1.67. The molecule has 0 saturated carbocycles. The molecule has 1 aromatic rings. The summed E-state index contributed by atoms with van der Waals surface area (Å²) in [4.78, 5) is 24.7. The summed E-state index contributed by atoms with van der Waals surface area (Å²) in [5, 5.41) is 2.39. The summed E-state index contributed by atoms with van der Waals surface area (Å²) < 4.78 is 25.0. The van der Waals surface area contributed by atoms with Gasteiger partial charge in [0.1, 0.15) is 4.90 Å². The number of hydrogen-bond donors (Lipinski definition) is 2. The zero-order chi connectivity index (χ0) is 13.8. The summed E-state index contributed by atoms with van der Waals surface area (Å²) in [6.07, 6.45) is 2.52. The Kier molecular flexibility index (Phi) is 4.62. The van der Waals surface area contributed by atoms with Gasteiger partial charge in [0, 0.05) is 45.5 Å². The third kappa shape index (κ3) is 3.17. The van der Waals surface area contributed by atoms with Crippen LogP contribution in [0.25, 0.3) is 0 Å². The number of carbonyl (C=O) groups excluding carboxylic acids is 1. The van der Waals surface area contributed by atoms with Crippen molar-refractivity contribution in [1.29, 1.82) is 0 Å². The molecular weight excluding hydrogens is 258 g/mol. The molecule has 0 bridgehead atoms. The smallest absolute Gasteiger partial charge is 0.248 e. The van der Waals surface area contributed by atoms with E-state index in [1.165, 1.54) is 20.3 Å². The van der Waals surface area contributed by atoms with Crippen LogP contribution in [0.15, 0.2) is 28.2 Å². The first-order valence-corrected chi connectivity index (χ1v) is 6.67. The van der Waals surface area contributed by atoms with E-state index in [-0.39, 0.29) is 23.8 Å². The van der Waals surface area contributed by atoms with Crippen molar-refractivity contribution >= 4 is 15.9 Å². The topological polar surface area (TPSA) is 99.3 Å². The van der Waals surface area contributed by atoms with Crippen LogP contribution >= 0.6 is 0 Å². The first-order chi connectivity index (χ1) is 8.39.